The molecular formula is C12H16N2O. The zero-order valence-corrected chi connectivity index (χ0v) is 9.07. The van der Waals surface area contributed by atoms with Crippen LogP contribution in [-0.4, -0.2) is 28.9 Å². The van der Waals surface area contributed by atoms with Gasteiger partial charge in [-0.15, -0.1) is 0 Å². The van der Waals surface area contributed by atoms with Crippen LogP contribution >= 0.6 is 0 Å². The first-order valence-corrected chi connectivity index (χ1v) is 5.55. The number of amides is 1. The molecule has 2 heterocycles. The van der Waals surface area contributed by atoms with E-state index >= 15 is 0 Å². The van der Waals surface area contributed by atoms with Crippen LogP contribution in [0.1, 0.15) is 35.8 Å². The Labute approximate surface area is 90.1 Å². The number of carbonyl (C=O) groups is 1. The molecule has 15 heavy (non-hydrogen) atoms. The van der Waals surface area contributed by atoms with E-state index in [0.29, 0.717) is 5.69 Å². The molecule has 1 aromatic heterocycles. The fourth-order valence-corrected chi connectivity index (χ4v) is 1.89. The van der Waals surface area contributed by atoms with Gasteiger partial charge in [0, 0.05) is 19.3 Å². The number of hydrogen-bond acceptors (Lipinski definition) is 2. The van der Waals surface area contributed by atoms with E-state index in [-0.39, 0.29) is 5.91 Å². The summed E-state index contributed by atoms with van der Waals surface area (Å²) in [5, 5.41) is 0. The van der Waals surface area contributed by atoms with Crippen molar-refractivity contribution in [3.63, 3.8) is 0 Å². The van der Waals surface area contributed by atoms with Crippen LogP contribution in [0.3, 0.4) is 0 Å². The van der Waals surface area contributed by atoms with Crippen molar-refractivity contribution in [1.82, 2.24) is 9.88 Å². The number of hydrogen-bond donors (Lipinski definition) is 0. The van der Waals surface area contributed by atoms with Gasteiger partial charge < -0.3 is 4.90 Å². The normalized spacial score (nSPS) is 15.7. The summed E-state index contributed by atoms with van der Waals surface area (Å²) in [7, 11) is 0. The first kappa shape index (κ1) is 10.1. The lowest BCUT2D eigenvalue weighted by atomic mass is 10.2. The minimum Gasteiger partial charge on any atom is -0.337 e. The smallest absolute Gasteiger partial charge is 0.272 e. The number of rotatable bonds is 2. The van der Waals surface area contributed by atoms with Crippen molar-refractivity contribution in [1.29, 1.82) is 0 Å². The summed E-state index contributed by atoms with van der Waals surface area (Å²) in [6, 6.07) is 3.86. The molecule has 0 saturated carbocycles. The third kappa shape index (κ3) is 2.17. The molecule has 0 bridgehead atoms. The van der Waals surface area contributed by atoms with Crippen molar-refractivity contribution in [3.8, 4) is 0 Å². The van der Waals surface area contributed by atoms with Crippen LogP contribution < -0.4 is 0 Å². The Bertz CT molecular complexity index is 356. The molecule has 0 radical (unpaired) electrons. The lowest BCUT2D eigenvalue weighted by Crippen LogP contribution is -2.28. The number of carbonyl (C=O) groups excluding carboxylic acids is 1. The average Bonchev–Trinajstić information content (AvgIpc) is 2.81. The van der Waals surface area contributed by atoms with E-state index in [1.807, 2.05) is 17.0 Å². The number of nitrogens with zero attached hydrogens (tertiary/aromatic N) is 2. The monoisotopic (exact) mass is 204 g/mol. The predicted octanol–water partition coefficient (Wildman–Crippen LogP) is 1.88. The summed E-state index contributed by atoms with van der Waals surface area (Å²) in [6.07, 6.45) is 4.92. The lowest BCUT2D eigenvalue weighted by Gasteiger charge is -2.14. The summed E-state index contributed by atoms with van der Waals surface area (Å²) < 4.78 is 0. The minimum atomic E-state index is 0.0859. The van der Waals surface area contributed by atoms with Crippen LogP contribution in [0, 0.1) is 0 Å². The molecule has 1 aromatic rings. The van der Waals surface area contributed by atoms with E-state index in [4.69, 9.17) is 0 Å². The van der Waals surface area contributed by atoms with Crippen molar-refractivity contribution in [3.05, 3.63) is 29.6 Å². The van der Waals surface area contributed by atoms with Gasteiger partial charge in [0.25, 0.3) is 5.91 Å². The molecule has 0 spiro atoms. The van der Waals surface area contributed by atoms with Crippen molar-refractivity contribution in [2.24, 2.45) is 0 Å². The number of aromatic nitrogens is 1. The Kier molecular flexibility index (Phi) is 2.99. The summed E-state index contributed by atoms with van der Waals surface area (Å²) >= 11 is 0. The Morgan fingerprint density at radius 1 is 1.47 bits per heavy atom. The largest absolute Gasteiger partial charge is 0.337 e. The Morgan fingerprint density at radius 3 is 2.87 bits per heavy atom. The van der Waals surface area contributed by atoms with Crippen LogP contribution in [0.4, 0.5) is 0 Å². The first-order chi connectivity index (χ1) is 7.31. The van der Waals surface area contributed by atoms with Crippen LogP contribution in [0.25, 0.3) is 0 Å². The van der Waals surface area contributed by atoms with E-state index < -0.39 is 0 Å². The standard InChI is InChI=1S/C12H16N2O/c1-2-10-5-6-13-11(9-10)12(15)14-7-3-4-8-14/h5-6,9H,2-4,7-8H2,1H3. The highest BCUT2D eigenvalue weighted by atomic mass is 16.2. The second-order valence-electron chi connectivity index (χ2n) is 3.90. The van der Waals surface area contributed by atoms with Crippen LogP contribution in [0.2, 0.25) is 0 Å². The average molecular weight is 204 g/mol. The summed E-state index contributed by atoms with van der Waals surface area (Å²) in [5.74, 6) is 0.0859. The molecule has 1 aliphatic rings. The molecule has 0 aliphatic carbocycles. The molecule has 0 aromatic carbocycles. The highest BCUT2D eigenvalue weighted by molar-refractivity contribution is 5.92. The summed E-state index contributed by atoms with van der Waals surface area (Å²) in [6.45, 7) is 3.85. The van der Waals surface area contributed by atoms with Crippen molar-refractivity contribution < 1.29 is 4.79 Å². The van der Waals surface area contributed by atoms with Gasteiger partial charge in [0.15, 0.2) is 0 Å². The molecule has 3 nitrogen and oxygen atoms in total. The van der Waals surface area contributed by atoms with Crippen molar-refractivity contribution in [2.45, 2.75) is 26.2 Å². The van der Waals surface area contributed by atoms with E-state index in [2.05, 4.69) is 11.9 Å². The van der Waals surface area contributed by atoms with Gasteiger partial charge in [0.1, 0.15) is 5.69 Å². The predicted molar refractivity (Wildman–Crippen MR) is 58.8 cm³/mol. The maximum Gasteiger partial charge on any atom is 0.272 e. The van der Waals surface area contributed by atoms with Gasteiger partial charge in [-0.2, -0.15) is 0 Å². The van der Waals surface area contributed by atoms with Crippen LogP contribution in [0.5, 0.6) is 0 Å². The Hall–Kier alpha value is -1.38. The molecule has 0 atom stereocenters. The fraction of sp³-hybridized carbons (Fsp3) is 0.500. The SMILES string of the molecule is CCc1ccnc(C(=O)N2CCCC2)c1. The summed E-state index contributed by atoms with van der Waals surface area (Å²) in [5.41, 5.74) is 1.77. The van der Waals surface area contributed by atoms with Gasteiger partial charge in [0.2, 0.25) is 0 Å². The molecule has 3 heteroatoms. The van der Waals surface area contributed by atoms with E-state index in [1.165, 1.54) is 5.56 Å². The molecule has 1 amide bonds. The van der Waals surface area contributed by atoms with E-state index in [9.17, 15) is 4.79 Å². The van der Waals surface area contributed by atoms with Gasteiger partial charge in [-0.25, -0.2) is 0 Å². The fourth-order valence-electron chi connectivity index (χ4n) is 1.89. The number of pyridine rings is 1. The summed E-state index contributed by atoms with van der Waals surface area (Å²) in [4.78, 5) is 18.0. The van der Waals surface area contributed by atoms with Crippen molar-refractivity contribution >= 4 is 5.91 Å². The number of aryl methyl sites for hydroxylation is 1. The van der Waals surface area contributed by atoms with E-state index in [0.717, 1.165) is 32.4 Å². The maximum atomic E-state index is 12.0. The molecule has 0 unspecified atom stereocenters. The highest BCUT2D eigenvalue weighted by Crippen LogP contribution is 2.12. The first-order valence-electron chi connectivity index (χ1n) is 5.55. The van der Waals surface area contributed by atoms with Gasteiger partial charge in [-0.3, -0.25) is 9.78 Å². The maximum absolute atomic E-state index is 12.0. The second kappa shape index (κ2) is 4.43. The quantitative estimate of drug-likeness (QED) is 0.737. The molecule has 2 rings (SSSR count). The van der Waals surface area contributed by atoms with Crippen molar-refractivity contribution in [2.75, 3.05) is 13.1 Å². The zero-order valence-electron chi connectivity index (χ0n) is 9.07. The molecular weight excluding hydrogens is 188 g/mol. The van der Waals surface area contributed by atoms with E-state index in [1.54, 1.807) is 6.20 Å². The topological polar surface area (TPSA) is 33.2 Å². The minimum absolute atomic E-state index is 0.0859. The molecule has 1 aliphatic heterocycles. The zero-order chi connectivity index (χ0) is 10.7. The van der Waals surface area contributed by atoms with Crippen LogP contribution in [0.15, 0.2) is 18.3 Å². The van der Waals surface area contributed by atoms with Gasteiger partial charge in [-0.1, -0.05) is 6.92 Å². The van der Waals surface area contributed by atoms with Gasteiger partial charge in [0.05, 0.1) is 0 Å². The third-order valence-electron chi connectivity index (χ3n) is 2.84. The molecule has 80 valence electrons. The van der Waals surface area contributed by atoms with Gasteiger partial charge >= 0.3 is 0 Å². The third-order valence-corrected chi connectivity index (χ3v) is 2.84. The second-order valence-corrected chi connectivity index (χ2v) is 3.90. The highest BCUT2D eigenvalue weighted by Gasteiger charge is 2.20. The number of likely N-dealkylation sites (tertiary alicyclic amines) is 1. The Balaban J connectivity index is 2.17. The lowest BCUT2D eigenvalue weighted by molar-refractivity contribution is 0.0787. The molecule has 0 N–H and O–H groups in total. The van der Waals surface area contributed by atoms with Crippen LogP contribution in [-0.2, 0) is 6.42 Å². The van der Waals surface area contributed by atoms with Gasteiger partial charge in [-0.05, 0) is 37.0 Å². The molecule has 1 fully saturated rings. The Morgan fingerprint density at radius 2 is 2.20 bits per heavy atom. The molecule has 1 saturated heterocycles.